The Balaban J connectivity index is 1.61. The molecule has 182 valence electrons. The minimum absolute atomic E-state index is 0.0772. The zero-order valence-electron chi connectivity index (χ0n) is 19.0. The lowest BCUT2D eigenvalue weighted by Crippen LogP contribution is -2.44. The Morgan fingerprint density at radius 1 is 1.09 bits per heavy atom. The third-order valence-corrected chi connectivity index (χ3v) is 8.16. The van der Waals surface area contributed by atoms with E-state index >= 15 is 0 Å². The zero-order valence-corrected chi connectivity index (χ0v) is 19.8. The number of unbranched alkanes of at least 4 members (excludes halogenated alkanes) is 1. The first-order valence-corrected chi connectivity index (χ1v) is 12.8. The smallest absolute Gasteiger partial charge is 0.325 e. The van der Waals surface area contributed by atoms with Gasteiger partial charge in [-0.15, -0.1) is 0 Å². The Bertz CT molecular complexity index is 1170. The van der Waals surface area contributed by atoms with Gasteiger partial charge in [-0.05, 0) is 41.8 Å². The Morgan fingerprint density at radius 2 is 1.79 bits per heavy atom. The van der Waals surface area contributed by atoms with Crippen molar-refractivity contribution in [3.05, 3.63) is 65.5 Å². The zero-order chi connectivity index (χ0) is 24.3. The normalized spacial score (nSPS) is 21.6. The molecule has 2 heterocycles. The van der Waals surface area contributed by atoms with Gasteiger partial charge in [0.05, 0.1) is 24.7 Å². The lowest BCUT2D eigenvalue weighted by molar-refractivity contribution is -0.132. The minimum atomic E-state index is -3.71. The lowest BCUT2D eigenvalue weighted by Gasteiger charge is -2.27. The van der Waals surface area contributed by atoms with Gasteiger partial charge in [0, 0.05) is 13.1 Å². The standard InChI is InChI=1S/C24H28FN3O5S/c1-2-3-11-24(19-7-9-20(25)10-8-19)22(29)28(23(30)26-24)17-18-5-4-6-21(16-18)34(31,32)27-12-14-33-15-13-27/h4-10,16H,2-3,11-15,17H2,1H3,(H,26,30). The van der Waals surface area contributed by atoms with Crippen LogP contribution in [0, 0.1) is 5.82 Å². The van der Waals surface area contributed by atoms with Crippen LogP contribution in [0.25, 0.3) is 0 Å². The van der Waals surface area contributed by atoms with Crippen molar-refractivity contribution in [3.8, 4) is 0 Å². The van der Waals surface area contributed by atoms with E-state index in [1.165, 1.54) is 40.7 Å². The number of hydrogen-bond donors (Lipinski definition) is 1. The van der Waals surface area contributed by atoms with E-state index in [4.69, 9.17) is 4.74 Å². The van der Waals surface area contributed by atoms with Crippen LogP contribution in [0.2, 0.25) is 0 Å². The highest BCUT2D eigenvalue weighted by atomic mass is 32.2. The molecular formula is C24H28FN3O5S. The summed E-state index contributed by atoms with van der Waals surface area (Å²) in [6.07, 6.45) is 1.87. The van der Waals surface area contributed by atoms with Crippen LogP contribution in [0.15, 0.2) is 53.4 Å². The van der Waals surface area contributed by atoms with E-state index < -0.39 is 33.3 Å². The third kappa shape index (κ3) is 4.57. The first-order chi connectivity index (χ1) is 16.3. The molecule has 2 saturated heterocycles. The maximum atomic E-state index is 13.6. The molecule has 0 aromatic heterocycles. The molecule has 10 heteroatoms. The summed E-state index contributed by atoms with van der Waals surface area (Å²) in [5.74, 6) is -0.861. The molecule has 1 unspecified atom stereocenters. The summed E-state index contributed by atoms with van der Waals surface area (Å²) in [6, 6.07) is 11.3. The molecule has 8 nitrogen and oxygen atoms in total. The number of halogens is 1. The predicted molar refractivity (Wildman–Crippen MR) is 123 cm³/mol. The highest BCUT2D eigenvalue weighted by Crippen LogP contribution is 2.35. The highest BCUT2D eigenvalue weighted by molar-refractivity contribution is 7.89. The van der Waals surface area contributed by atoms with E-state index in [9.17, 15) is 22.4 Å². The van der Waals surface area contributed by atoms with Crippen LogP contribution in [0.5, 0.6) is 0 Å². The second-order valence-electron chi connectivity index (χ2n) is 8.50. The van der Waals surface area contributed by atoms with Crippen molar-refractivity contribution in [1.29, 1.82) is 0 Å². The van der Waals surface area contributed by atoms with Crippen molar-refractivity contribution in [2.24, 2.45) is 0 Å². The first-order valence-electron chi connectivity index (χ1n) is 11.3. The summed E-state index contributed by atoms with van der Waals surface area (Å²) in [4.78, 5) is 27.7. The second-order valence-corrected chi connectivity index (χ2v) is 10.4. The summed E-state index contributed by atoms with van der Waals surface area (Å²) in [5, 5.41) is 2.83. The fourth-order valence-corrected chi connectivity index (χ4v) is 5.86. The van der Waals surface area contributed by atoms with E-state index in [0.717, 1.165) is 11.3 Å². The Kier molecular flexibility index (Phi) is 7.01. The molecule has 1 N–H and O–H groups in total. The van der Waals surface area contributed by atoms with Crippen LogP contribution < -0.4 is 5.32 Å². The van der Waals surface area contributed by atoms with Crippen molar-refractivity contribution in [2.45, 2.75) is 43.2 Å². The Hall–Kier alpha value is -2.82. The van der Waals surface area contributed by atoms with Gasteiger partial charge >= 0.3 is 6.03 Å². The molecule has 2 aromatic carbocycles. The van der Waals surface area contributed by atoms with Gasteiger partial charge in [-0.1, -0.05) is 44.0 Å². The Morgan fingerprint density at radius 3 is 2.47 bits per heavy atom. The van der Waals surface area contributed by atoms with Crippen LogP contribution >= 0.6 is 0 Å². The number of nitrogens with one attached hydrogen (secondary N) is 1. The van der Waals surface area contributed by atoms with Crippen LogP contribution in [0.3, 0.4) is 0 Å². The van der Waals surface area contributed by atoms with Crippen LogP contribution in [-0.4, -0.2) is 55.9 Å². The number of nitrogens with zero attached hydrogens (tertiary/aromatic N) is 2. The van der Waals surface area contributed by atoms with Crippen molar-refractivity contribution in [3.63, 3.8) is 0 Å². The number of ether oxygens (including phenoxy) is 1. The van der Waals surface area contributed by atoms with Gasteiger partial charge in [-0.25, -0.2) is 17.6 Å². The van der Waals surface area contributed by atoms with E-state index in [1.807, 2.05) is 6.92 Å². The summed E-state index contributed by atoms with van der Waals surface area (Å²) >= 11 is 0. The molecule has 2 fully saturated rings. The fraction of sp³-hybridized carbons (Fsp3) is 0.417. The fourth-order valence-electron chi connectivity index (χ4n) is 4.38. The van der Waals surface area contributed by atoms with Gasteiger partial charge in [-0.3, -0.25) is 9.69 Å². The van der Waals surface area contributed by atoms with E-state index in [2.05, 4.69) is 5.32 Å². The molecule has 4 rings (SSSR count). The van der Waals surface area contributed by atoms with Crippen LogP contribution in [-0.2, 0) is 31.6 Å². The van der Waals surface area contributed by atoms with Crippen molar-refractivity contribution in [2.75, 3.05) is 26.3 Å². The number of carbonyl (C=O) groups excluding carboxylic acids is 2. The van der Waals surface area contributed by atoms with E-state index in [1.54, 1.807) is 12.1 Å². The SMILES string of the molecule is CCCCC1(c2ccc(F)cc2)NC(=O)N(Cc2cccc(S(=O)(=O)N3CCOCC3)c2)C1=O. The highest BCUT2D eigenvalue weighted by Gasteiger charge is 2.51. The molecule has 0 saturated carbocycles. The minimum Gasteiger partial charge on any atom is -0.379 e. The number of rotatable bonds is 8. The quantitative estimate of drug-likeness (QED) is 0.575. The van der Waals surface area contributed by atoms with Gasteiger partial charge < -0.3 is 10.1 Å². The first kappa shape index (κ1) is 24.3. The number of imide groups is 1. The lowest BCUT2D eigenvalue weighted by atomic mass is 9.84. The maximum absolute atomic E-state index is 13.6. The average molecular weight is 490 g/mol. The number of benzene rings is 2. The summed E-state index contributed by atoms with van der Waals surface area (Å²) in [7, 11) is -3.71. The summed E-state index contributed by atoms with van der Waals surface area (Å²) in [6.45, 7) is 3.13. The molecule has 2 aliphatic rings. The topological polar surface area (TPSA) is 96.0 Å². The number of morpholine rings is 1. The molecule has 0 spiro atoms. The van der Waals surface area contributed by atoms with Gasteiger partial charge in [0.25, 0.3) is 5.91 Å². The molecule has 0 radical (unpaired) electrons. The summed E-state index contributed by atoms with van der Waals surface area (Å²) < 4.78 is 46.2. The van der Waals surface area contributed by atoms with Crippen molar-refractivity contribution < 1.29 is 27.1 Å². The van der Waals surface area contributed by atoms with Crippen molar-refractivity contribution >= 4 is 22.0 Å². The average Bonchev–Trinajstić information content (AvgIpc) is 3.09. The molecule has 34 heavy (non-hydrogen) atoms. The molecular weight excluding hydrogens is 461 g/mol. The van der Waals surface area contributed by atoms with Gasteiger partial charge in [-0.2, -0.15) is 4.31 Å². The van der Waals surface area contributed by atoms with Crippen molar-refractivity contribution in [1.82, 2.24) is 14.5 Å². The van der Waals surface area contributed by atoms with Gasteiger partial charge in [0.2, 0.25) is 10.0 Å². The second kappa shape index (κ2) is 9.81. The largest absolute Gasteiger partial charge is 0.379 e. The predicted octanol–water partition coefficient (Wildman–Crippen LogP) is 2.98. The monoisotopic (exact) mass is 489 g/mol. The molecule has 0 bridgehead atoms. The van der Waals surface area contributed by atoms with Crippen LogP contribution in [0.4, 0.5) is 9.18 Å². The number of carbonyl (C=O) groups is 2. The number of urea groups is 1. The Labute approximate surface area is 198 Å². The van der Waals surface area contributed by atoms with E-state index in [-0.39, 0.29) is 24.5 Å². The molecule has 2 aliphatic heterocycles. The molecule has 0 aliphatic carbocycles. The third-order valence-electron chi connectivity index (χ3n) is 6.27. The number of hydrogen-bond acceptors (Lipinski definition) is 5. The molecule has 2 aromatic rings. The van der Waals surface area contributed by atoms with Gasteiger partial charge in [0.15, 0.2) is 0 Å². The van der Waals surface area contributed by atoms with E-state index in [0.29, 0.717) is 37.2 Å². The van der Waals surface area contributed by atoms with Gasteiger partial charge in [0.1, 0.15) is 11.4 Å². The summed E-state index contributed by atoms with van der Waals surface area (Å²) in [5.41, 5.74) is -0.242. The maximum Gasteiger partial charge on any atom is 0.325 e. The number of amides is 3. The molecule has 1 atom stereocenters. The van der Waals surface area contributed by atoms with Crippen LogP contribution in [0.1, 0.15) is 37.3 Å². The molecule has 3 amide bonds. The number of sulfonamides is 1.